The van der Waals surface area contributed by atoms with Gasteiger partial charge in [0.05, 0.1) is 5.54 Å². The maximum Gasteiger partial charge on any atom is 0.217 e. The summed E-state index contributed by atoms with van der Waals surface area (Å²) in [6.07, 6.45) is 3.11. The third kappa shape index (κ3) is 1.85. The topological polar surface area (TPSA) is 42.2 Å². The summed E-state index contributed by atoms with van der Waals surface area (Å²) in [5.41, 5.74) is 0.312. The van der Waals surface area contributed by atoms with Gasteiger partial charge in [0.1, 0.15) is 5.58 Å². The van der Waals surface area contributed by atoms with E-state index in [1.165, 1.54) is 0 Å². The lowest BCUT2D eigenvalue weighted by Crippen LogP contribution is -2.52. The Morgan fingerprint density at radius 1 is 1.33 bits per heavy atom. The second-order valence-electron chi connectivity index (χ2n) is 5.19. The number of hydrogen-bond donors (Lipinski definition) is 1. The molecule has 0 aliphatic carbocycles. The minimum Gasteiger partial charge on any atom is -0.453 e. The second kappa shape index (κ2) is 4.25. The van der Waals surface area contributed by atoms with Gasteiger partial charge >= 0.3 is 0 Å². The highest BCUT2D eigenvalue weighted by molar-refractivity contribution is 6.03. The molecule has 1 fully saturated rings. The lowest BCUT2D eigenvalue weighted by molar-refractivity contribution is 0.0807. The SMILES string of the molecule is CC1(C(=O)c2cc3ccccc3o2)CCCCN1. The van der Waals surface area contributed by atoms with Crippen LogP contribution in [0.2, 0.25) is 0 Å². The Balaban J connectivity index is 1.96. The molecule has 2 aromatic rings. The van der Waals surface area contributed by atoms with Crippen LogP contribution < -0.4 is 5.32 Å². The van der Waals surface area contributed by atoms with Gasteiger partial charge in [-0.25, -0.2) is 0 Å². The summed E-state index contributed by atoms with van der Waals surface area (Å²) in [7, 11) is 0. The van der Waals surface area contributed by atoms with Crippen LogP contribution in [-0.4, -0.2) is 17.9 Å². The predicted octanol–water partition coefficient (Wildman–Crippen LogP) is 3.15. The molecule has 1 atom stereocenters. The fraction of sp³-hybridized carbons (Fsp3) is 0.400. The molecule has 1 aliphatic heterocycles. The maximum atomic E-state index is 12.5. The van der Waals surface area contributed by atoms with E-state index in [0.717, 1.165) is 36.8 Å². The molecule has 0 bridgehead atoms. The Labute approximate surface area is 106 Å². The number of benzene rings is 1. The van der Waals surface area contributed by atoms with Crippen molar-refractivity contribution in [2.24, 2.45) is 0 Å². The van der Waals surface area contributed by atoms with Gasteiger partial charge in [0.25, 0.3) is 0 Å². The zero-order chi connectivity index (χ0) is 12.6. The molecule has 1 aromatic carbocycles. The number of carbonyl (C=O) groups excluding carboxylic acids is 1. The summed E-state index contributed by atoms with van der Waals surface area (Å²) in [5.74, 6) is 0.534. The van der Waals surface area contributed by atoms with Crippen molar-refractivity contribution >= 4 is 16.8 Å². The monoisotopic (exact) mass is 243 g/mol. The highest BCUT2D eigenvalue weighted by atomic mass is 16.3. The molecule has 94 valence electrons. The Morgan fingerprint density at radius 2 is 2.17 bits per heavy atom. The lowest BCUT2D eigenvalue weighted by atomic mass is 9.86. The Hall–Kier alpha value is -1.61. The van der Waals surface area contributed by atoms with Crippen LogP contribution in [0.25, 0.3) is 11.0 Å². The van der Waals surface area contributed by atoms with E-state index >= 15 is 0 Å². The Kier molecular flexibility index (Phi) is 2.71. The second-order valence-corrected chi connectivity index (χ2v) is 5.19. The molecule has 2 heterocycles. The van der Waals surface area contributed by atoms with Crippen molar-refractivity contribution in [2.45, 2.75) is 31.7 Å². The van der Waals surface area contributed by atoms with Crippen molar-refractivity contribution in [3.8, 4) is 0 Å². The van der Waals surface area contributed by atoms with Crippen molar-refractivity contribution in [3.63, 3.8) is 0 Å². The molecule has 0 spiro atoms. The average molecular weight is 243 g/mol. The van der Waals surface area contributed by atoms with E-state index in [9.17, 15) is 4.79 Å². The first-order chi connectivity index (χ1) is 8.69. The molecule has 1 N–H and O–H groups in total. The normalized spacial score (nSPS) is 24.3. The summed E-state index contributed by atoms with van der Waals surface area (Å²) < 4.78 is 5.66. The standard InChI is InChI=1S/C15H17NO2/c1-15(8-4-5-9-16-15)14(17)13-10-11-6-2-3-7-12(11)18-13/h2-3,6-7,10,16H,4-5,8-9H2,1H3. The third-order valence-corrected chi connectivity index (χ3v) is 3.77. The predicted molar refractivity (Wildman–Crippen MR) is 70.8 cm³/mol. The summed E-state index contributed by atoms with van der Waals surface area (Å²) >= 11 is 0. The van der Waals surface area contributed by atoms with E-state index in [1.54, 1.807) is 0 Å². The molecule has 3 rings (SSSR count). The zero-order valence-electron chi connectivity index (χ0n) is 10.5. The van der Waals surface area contributed by atoms with Crippen molar-refractivity contribution in [1.29, 1.82) is 0 Å². The van der Waals surface area contributed by atoms with E-state index in [1.807, 2.05) is 37.3 Å². The average Bonchev–Trinajstić information content (AvgIpc) is 2.82. The van der Waals surface area contributed by atoms with Crippen LogP contribution in [0.15, 0.2) is 34.7 Å². The first-order valence-corrected chi connectivity index (χ1v) is 6.47. The fourth-order valence-corrected chi connectivity index (χ4v) is 2.62. The van der Waals surface area contributed by atoms with Crippen LogP contribution in [-0.2, 0) is 0 Å². The maximum absolute atomic E-state index is 12.5. The molecule has 0 radical (unpaired) electrons. The van der Waals surface area contributed by atoms with E-state index < -0.39 is 5.54 Å². The van der Waals surface area contributed by atoms with E-state index in [0.29, 0.717) is 5.76 Å². The first kappa shape index (κ1) is 11.5. The molecule has 1 unspecified atom stereocenters. The molecule has 1 aromatic heterocycles. The molecular formula is C15H17NO2. The van der Waals surface area contributed by atoms with Gasteiger partial charge in [-0.3, -0.25) is 4.79 Å². The lowest BCUT2D eigenvalue weighted by Gasteiger charge is -2.32. The first-order valence-electron chi connectivity index (χ1n) is 6.47. The van der Waals surface area contributed by atoms with Crippen LogP contribution in [0.3, 0.4) is 0 Å². The number of para-hydroxylation sites is 1. The van der Waals surface area contributed by atoms with Gasteiger partial charge < -0.3 is 9.73 Å². The Bertz CT molecular complexity index is 546. The number of fused-ring (bicyclic) bond motifs is 1. The van der Waals surface area contributed by atoms with Crippen molar-refractivity contribution in [3.05, 3.63) is 36.1 Å². The fourth-order valence-electron chi connectivity index (χ4n) is 2.62. The van der Waals surface area contributed by atoms with E-state index in [2.05, 4.69) is 5.32 Å². The quantitative estimate of drug-likeness (QED) is 0.824. The Morgan fingerprint density at radius 3 is 2.89 bits per heavy atom. The molecule has 1 aliphatic rings. The number of rotatable bonds is 2. The van der Waals surface area contributed by atoms with Crippen LogP contribution in [0.1, 0.15) is 36.7 Å². The number of piperidine rings is 1. The molecule has 1 saturated heterocycles. The van der Waals surface area contributed by atoms with Gasteiger partial charge in [-0.15, -0.1) is 0 Å². The van der Waals surface area contributed by atoms with Crippen molar-refractivity contribution in [1.82, 2.24) is 5.32 Å². The minimum absolute atomic E-state index is 0.0680. The number of nitrogens with one attached hydrogen (secondary N) is 1. The summed E-state index contributed by atoms with van der Waals surface area (Å²) in [6.45, 7) is 2.88. The van der Waals surface area contributed by atoms with Crippen LogP contribution in [0, 0.1) is 0 Å². The van der Waals surface area contributed by atoms with Crippen LogP contribution in [0.4, 0.5) is 0 Å². The number of hydrogen-bond acceptors (Lipinski definition) is 3. The summed E-state index contributed by atoms with van der Waals surface area (Å²) in [6, 6.07) is 9.57. The molecule has 0 amide bonds. The van der Waals surface area contributed by atoms with E-state index in [4.69, 9.17) is 4.42 Å². The van der Waals surface area contributed by atoms with Gasteiger partial charge in [0, 0.05) is 5.39 Å². The van der Waals surface area contributed by atoms with E-state index in [-0.39, 0.29) is 5.78 Å². The number of Topliss-reactive ketones (excluding diaryl/α,β-unsaturated/α-hetero) is 1. The highest BCUT2D eigenvalue weighted by Crippen LogP contribution is 2.27. The van der Waals surface area contributed by atoms with Gasteiger partial charge in [0.2, 0.25) is 5.78 Å². The van der Waals surface area contributed by atoms with Crippen LogP contribution >= 0.6 is 0 Å². The number of ketones is 1. The molecular weight excluding hydrogens is 226 g/mol. The molecule has 3 nitrogen and oxygen atoms in total. The number of furan rings is 1. The van der Waals surface area contributed by atoms with Gasteiger partial charge in [-0.2, -0.15) is 0 Å². The molecule has 18 heavy (non-hydrogen) atoms. The summed E-state index contributed by atoms with van der Waals surface area (Å²) in [4.78, 5) is 12.5. The molecule has 0 saturated carbocycles. The van der Waals surface area contributed by atoms with Crippen molar-refractivity contribution in [2.75, 3.05) is 6.54 Å². The number of carbonyl (C=O) groups is 1. The minimum atomic E-state index is -0.466. The molecule has 3 heteroatoms. The van der Waals surface area contributed by atoms with Gasteiger partial charge in [-0.1, -0.05) is 18.2 Å². The van der Waals surface area contributed by atoms with Crippen LogP contribution in [0.5, 0.6) is 0 Å². The van der Waals surface area contributed by atoms with Gasteiger partial charge in [0.15, 0.2) is 5.76 Å². The highest BCUT2D eigenvalue weighted by Gasteiger charge is 2.36. The smallest absolute Gasteiger partial charge is 0.217 e. The van der Waals surface area contributed by atoms with Crippen molar-refractivity contribution < 1.29 is 9.21 Å². The third-order valence-electron chi connectivity index (χ3n) is 3.77. The largest absolute Gasteiger partial charge is 0.453 e. The zero-order valence-corrected chi connectivity index (χ0v) is 10.5. The summed E-state index contributed by atoms with van der Waals surface area (Å²) in [5, 5.41) is 4.31. The van der Waals surface area contributed by atoms with Gasteiger partial charge in [-0.05, 0) is 44.9 Å².